The normalized spacial score (nSPS) is 29.7. The molecule has 18 heavy (non-hydrogen) atoms. The summed E-state index contributed by atoms with van der Waals surface area (Å²) < 4.78 is 5.53. The predicted molar refractivity (Wildman–Crippen MR) is 68.4 cm³/mol. The molecule has 0 radical (unpaired) electrons. The van der Waals surface area contributed by atoms with Crippen molar-refractivity contribution in [2.24, 2.45) is 5.73 Å². The van der Waals surface area contributed by atoms with Gasteiger partial charge in [-0.3, -0.25) is 4.79 Å². The molecule has 1 aliphatic carbocycles. The number of nitrogens with one attached hydrogen (secondary N) is 1. The fraction of sp³-hybridized carbons (Fsp3) is 0.500. The molecule has 1 aliphatic heterocycles. The van der Waals surface area contributed by atoms with Gasteiger partial charge in [0.05, 0.1) is 0 Å². The van der Waals surface area contributed by atoms with Crippen LogP contribution in [0.4, 0.5) is 0 Å². The monoisotopic (exact) mass is 246 g/mol. The molecule has 4 heteroatoms. The zero-order valence-electron chi connectivity index (χ0n) is 10.3. The topological polar surface area (TPSA) is 64.3 Å². The lowest BCUT2D eigenvalue weighted by molar-refractivity contribution is -0.123. The maximum absolute atomic E-state index is 12.3. The van der Waals surface area contributed by atoms with Crippen LogP contribution in [0.5, 0.6) is 5.75 Å². The van der Waals surface area contributed by atoms with Crippen LogP contribution < -0.4 is 15.8 Å². The minimum atomic E-state index is -0.186. The van der Waals surface area contributed by atoms with E-state index in [4.69, 9.17) is 10.5 Å². The third kappa shape index (κ3) is 1.97. The van der Waals surface area contributed by atoms with E-state index in [0.717, 1.165) is 30.6 Å². The first-order valence-electron chi connectivity index (χ1n) is 6.53. The molecule has 3 N–H and O–H groups in total. The molecular formula is C14H18N2O2. The maximum atomic E-state index is 12.3. The molecule has 3 atom stereocenters. The van der Waals surface area contributed by atoms with Gasteiger partial charge in [0.25, 0.3) is 0 Å². The molecule has 2 aliphatic rings. The first kappa shape index (κ1) is 11.5. The van der Waals surface area contributed by atoms with Gasteiger partial charge in [-0.2, -0.15) is 0 Å². The number of hydrogen-bond acceptors (Lipinski definition) is 3. The molecular weight excluding hydrogens is 228 g/mol. The van der Waals surface area contributed by atoms with Gasteiger partial charge in [0, 0.05) is 17.6 Å². The Balaban J connectivity index is 1.71. The molecule has 4 nitrogen and oxygen atoms in total. The average molecular weight is 246 g/mol. The molecule has 3 rings (SSSR count). The third-order valence-electron chi connectivity index (χ3n) is 3.91. The van der Waals surface area contributed by atoms with Gasteiger partial charge < -0.3 is 15.8 Å². The summed E-state index contributed by atoms with van der Waals surface area (Å²) in [6, 6.07) is 7.96. The lowest BCUT2D eigenvalue weighted by Crippen LogP contribution is -2.45. The van der Waals surface area contributed by atoms with Crippen LogP contribution in [0.2, 0.25) is 0 Å². The number of rotatable bonds is 2. The second-order valence-corrected chi connectivity index (χ2v) is 5.11. The summed E-state index contributed by atoms with van der Waals surface area (Å²) >= 11 is 0. The molecule has 0 bridgehead atoms. The minimum absolute atomic E-state index is 0.0438. The van der Waals surface area contributed by atoms with Crippen molar-refractivity contribution < 1.29 is 9.53 Å². The standard InChI is InChI=1S/C14H18N2O2/c15-11-5-3-6-12(11)16-14(17)10-8-18-13-7-2-1-4-9(10)13/h1-2,4,7,10-12H,3,5-6,8,15H2,(H,16,17). The summed E-state index contributed by atoms with van der Waals surface area (Å²) in [7, 11) is 0. The highest BCUT2D eigenvalue weighted by atomic mass is 16.5. The molecule has 1 amide bonds. The van der Waals surface area contributed by atoms with Gasteiger partial charge >= 0.3 is 0 Å². The quantitative estimate of drug-likeness (QED) is 0.823. The van der Waals surface area contributed by atoms with Crippen molar-refractivity contribution in [2.45, 2.75) is 37.3 Å². The second kappa shape index (κ2) is 4.61. The summed E-state index contributed by atoms with van der Waals surface area (Å²) in [4.78, 5) is 12.3. The number of carbonyl (C=O) groups excluding carboxylic acids is 1. The van der Waals surface area contributed by atoms with Crippen LogP contribution in [-0.2, 0) is 4.79 Å². The summed E-state index contributed by atoms with van der Waals surface area (Å²) in [6.07, 6.45) is 3.09. The van der Waals surface area contributed by atoms with E-state index in [1.165, 1.54) is 0 Å². The number of ether oxygens (including phenoxy) is 1. The van der Waals surface area contributed by atoms with E-state index < -0.39 is 0 Å². The van der Waals surface area contributed by atoms with Crippen molar-refractivity contribution in [2.75, 3.05) is 6.61 Å². The molecule has 1 fully saturated rings. The summed E-state index contributed by atoms with van der Waals surface area (Å²) in [5, 5.41) is 3.07. The largest absolute Gasteiger partial charge is 0.492 e. The number of carbonyl (C=O) groups is 1. The Bertz CT molecular complexity index is 461. The number of nitrogens with two attached hydrogens (primary N) is 1. The SMILES string of the molecule is NC1CCCC1NC(=O)C1COc2ccccc21. The molecule has 0 aromatic heterocycles. The number of para-hydroxylation sites is 1. The molecule has 1 saturated carbocycles. The van der Waals surface area contributed by atoms with Crippen LogP contribution in [0.3, 0.4) is 0 Å². The first-order valence-corrected chi connectivity index (χ1v) is 6.53. The number of fused-ring (bicyclic) bond motifs is 1. The third-order valence-corrected chi connectivity index (χ3v) is 3.91. The number of benzene rings is 1. The summed E-state index contributed by atoms with van der Waals surface area (Å²) in [5.74, 6) is 0.685. The molecule has 1 aromatic rings. The Kier molecular flexibility index (Phi) is 2.96. The molecule has 96 valence electrons. The van der Waals surface area contributed by atoms with Crippen LogP contribution in [0, 0.1) is 0 Å². The molecule has 1 heterocycles. The molecule has 3 unspecified atom stereocenters. The predicted octanol–water partition coefficient (Wildman–Crippen LogP) is 1.16. The number of amides is 1. The first-order chi connectivity index (χ1) is 8.75. The Morgan fingerprint density at radius 1 is 1.33 bits per heavy atom. The van der Waals surface area contributed by atoms with Crippen molar-refractivity contribution in [3.8, 4) is 5.75 Å². The van der Waals surface area contributed by atoms with Crippen LogP contribution in [-0.4, -0.2) is 24.6 Å². The Hall–Kier alpha value is -1.55. The summed E-state index contributed by atoms with van der Waals surface area (Å²) in [6.45, 7) is 0.438. The van der Waals surface area contributed by atoms with Crippen LogP contribution >= 0.6 is 0 Å². The van der Waals surface area contributed by atoms with Gasteiger partial charge in [-0.15, -0.1) is 0 Å². The lowest BCUT2D eigenvalue weighted by atomic mass is 10.00. The lowest BCUT2D eigenvalue weighted by Gasteiger charge is -2.19. The second-order valence-electron chi connectivity index (χ2n) is 5.11. The highest BCUT2D eigenvalue weighted by molar-refractivity contribution is 5.85. The van der Waals surface area contributed by atoms with E-state index in [-0.39, 0.29) is 23.9 Å². The fourth-order valence-corrected chi connectivity index (χ4v) is 2.83. The zero-order valence-corrected chi connectivity index (χ0v) is 10.3. The maximum Gasteiger partial charge on any atom is 0.231 e. The minimum Gasteiger partial charge on any atom is -0.492 e. The highest BCUT2D eigenvalue weighted by Crippen LogP contribution is 2.33. The van der Waals surface area contributed by atoms with Gasteiger partial charge in [-0.1, -0.05) is 18.2 Å². The van der Waals surface area contributed by atoms with E-state index in [1.54, 1.807) is 0 Å². The van der Waals surface area contributed by atoms with Gasteiger partial charge in [0.2, 0.25) is 5.91 Å². The van der Waals surface area contributed by atoms with E-state index in [0.29, 0.717) is 6.61 Å². The molecule has 0 spiro atoms. The Morgan fingerprint density at radius 2 is 2.17 bits per heavy atom. The Labute approximate surface area is 107 Å². The molecule has 0 saturated heterocycles. The van der Waals surface area contributed by atoms with E-state index in [2.05, 4.69) is 5.32 Å². The average Bonchev–Trinajstić information content (AvgIpc) is 2.96. The fourth-order valence-electron chi connectivity index (χ4n) is 2.83. The Morgan fingerprint density at radius 3 is 2.94 bits per heavy atom. The zero-order chi connectivity index (χ0) is 12.5. The van der Waals surface area contributed by atoms with Crippen molar-refractivity contribution in [3.05, 3.63) is 29.8 Å². The van der Waals surface area contributed by atoms with Crippen molar-refractivity contribution in [1.82, 2.24) is 5.32 Å². The van der Waals surface area contributed by atoms with Crippen molar-refractivity contribution >= 4 is 5.91 Å². The summed E-state index contributed by atoms with van der Waals surface area (Å²) in [5.41, 5.74) is 6.96. The molecule has 1 aromatic carbocycles. The van der Waals surface area contributed by atoms with Crippen LogP contribution in [0.15, 0.2) is 24.3 Å². The number of hydrogen-bond donors (Lipinski definition) is 2. The van der Waals surface area contributed by atoms with E-state index in [9.17, 15) is 4.79 Å². The van der Waals surface area contributed by atoms with Crippen LogP contribution in [0.1, 0.15) is 30.7 Å². The van der Waals surface area contributed by atoms with E-state index in [1.807, 2.05) is 24.3 Å². The van der Waals surface area contributed by atoms with Gasteiger partial charge in [-0.25, -0.2) is 0 Å². The van der Waals surface area contributed by atoms with Crippen molar-refractivity contribution in [3.63, 3.8) is 0 Å². The van der Waals surface area contributed by atoms with Gasteiger partial charge in [-0.05, 0) is 25.3 Å². The van der Waals surface area contributed by atoms with Gasteiger partial charge in [0.1, 0.15) is 18.3 Å². The highest BCUT2D eigenvalue weighted by Gasteiger charge is 2.33. The smallest absolute Gasteiger partial charge is 0.231 e. The van der Waals surface area contributed by atoms with Crippen molar-refractivity contribution in [1.29, 1.82) is 0 Å². The van der Waals surface area contributed by atoms with Crippen LogP contribution in [0.25, 0.3) is 0 Å². The van der Waals surface area contributed by atoms with Gasteiger partial charge in [0.15, 0.2) is 0 Å². The van der Waals surface area contributed by atoms with E-state index >= 15 is 0 Å².